The van der Waals surface area contributed by atoms with Crippen molar-refractivity contribution in [2.75, 3.05) is 18.5 Å². The van der Waals surface area contributed by atoms with Crippen LogP contribution in [0, 0.1) is 5.92 Å². The maximum Gasteiger partial charge on any atom is 0.411 e. The van der Waals surface area contributed by atoms with E-state index in [1.54, 1.807) is 36.1 Å². The predicted molar refractivity (Wildman–Crippen MR) is 89.5 cm³/mol. The molecule has 1 aliphatic rings. The van der Waals surface area contributed by atoms with E-state index in [0.717, 1.165) is 6.42 Å². The van der Waals surface area contributed by atoms with Crippen LogP contribution in [0.3, 0.4) is 0 Å². The topological polar surface area (TPSA) is 102 Å². The molecule has 7 heteroatoms. The number of benzene rings is 1. The standard InChI is InChI=1S/C17H23N3O4/c1-3-24-17(23)19-14-8-6-12(7-9-14)16(22)20-10-13(15(18)21)5-4-11(20)2/h6-9,11,13H,3-5,10H2,1-2H3,(H2,18,21)(H,19,23)/t11-,13-/m0/s1. The number of primary amides is 1. The fourth-order valence-electron chi connectivity index (χ4n) is 2.77. The van der Waals surface area contributed by atoms with Crippen LogP contribution in [0.2, 0.25) is 0 Å². The zero-order valence-corrected chi connectivity index (χ0v) is 14.0. The summed E-state index contributed by atoms with van der Waals surface area (Å²) in [7, 11) is 0. The van der Waals surface area contributed by atoms with Crippen LogP contribution in [0.1, 0.15) is 37.0 Å². The second-order valence-electron chi connectivity index (χ2n) is 5.91. The summed E-state index contributed by atoms with van der Waals surface area (Å²) in [5.41, 5.74) is 6.42. The lowest BCUT2D eigenvalue weighted by Gasteiger charge is -2.37. The average molecular weight is 333 g/mol. The molecule has 1 saturated heterocycles. The van der Waals surface area contributed by atoms with Crippen molar-refractivity contribution in [1.82, 2.24) is 4.90 Å². The van der Waals surface area contributed by atoms with Gasteiger partial charge in [-0.15, -0.1) is 0 Å². The Bertz CT molecular complexity index is 615. The molecule has 1 aliphatic heterocycles. The number of carbonyl (C=O) groups is 3. The van der Waals surface area contributed by atoms with E-state index in [-0.39, 0.29) is 30.4 Å². The highest BCUT2D eigenvalue weighted by Crippen LogP contribution is 2.24. The molecule has 2 rings (SSSR count). The lowest BCUT2D eigenvalue weighted by atomic mass is 9.92. The molecule has 3 amide bonds. The third-order valence-corrected chi connectivity index (χ3v) is 4.20. The molecule has 1 aromatic rings. The number of likely N-dealkylation sites (tertiary alicyclic amines) is 1. The van der Waals surface area contributed by atoms with Crippen molar-refractivity contribution in [3.05, 3.63) is 29.8 Å². The van der Waals surface area contributed by atoms with Gasteiger partial charge in [-0.05, 0) is 51.0 Å². The van der Waals surface area contributed by atoms with Crippen molar-refractivity contribution >= 4 is 23.6 Å². The van der Waals surface area contributed by atoms with Gasteiger partial charge in [-0.25, -0.2) is 4.79 Å². The van der Waals surface area contributed by atoms with Gasteiger partial charge in [0.1, 0.15) is 0 Å². The normalized spacial score (nSPS) is 20.3. The Morgan fingerprint density at radius 3 is 2.50 bits per heavy atom. The van der Waals surface area contributed by atoms with E-state index in [1.807, 2.05) is 6.92 Å². The SMILES string of the molecule is CCOC(=O)Nc1ccc(C(=O)N2C[C@@H](C(N)=O)CC[C@@H]2C)cc1. The van der Waals surface area contributed by atoms with Crippen molar-refractivity contribution in [3.63, 3.8) is 0 Å². The van der Waals surface area contributed by atoms with Gasteiger partial charge in [-0.1, -0.05) is 0 Å². The van der Waals surface area contributed by atoms with Crippen molar-refractivity contribution in [1.29, 1.82) is 0 Å². The largest absolute Gasteiger partial charge is 0.450 e. The van der Waals surface area contributed by atoms with Gasteiger partial charge in [0.15, 0.2) is 0 Å². The smallest absolute Gasteiger partial charge is 0.411 e. The Balaban J connectivity index is 2.06. The first-order valence-corrected chi connectivity index (χ1v) is 8.06. The minimum absolute atomic E-state index is 0.0606. The predicted octanol–water partition coefficient (Wildman–Crippen LogP) is 1.98. The molecule has 0 saturated carbocycles. The summed E-state index contributed by atoms with van der Waals surface area (Å²) in [4.78, 5) is 37.1. The lowest BCUT2D eigenvalue weighted by molar-refractivity contribution is -0.123. The van der Waals surface area contributed by atoms with Crippen molar-refractivity contribution < 1.29 is 19.1 Å². The minimum atomic E-state index is -0.537. The van der Waals surface area contributed by atoms with Crippen molar-refractivity contribution in [2.45, 2.75) is 32.7 Å². The van der Waals surface area contributed by atoms with Crippen molar-refractivity contribution in [2.24, 2.45) is 11.7 Å². The van der Waals surface area contributed by atoms with E-state index in [4.69, 9.17) is 10.5 Å². The van der Waals surface area contributed by atoms with Gasteiger partial charge >= 0.3 is 6.09 Å². The third kappa shape index (κ3) is 4.24. The summed E-state index contributed by atoms with van der Waals surface area (Å²) in [6.45, 7) is 4.32. The zero-order valence-electron chi connectivity index (χ0n) is 14.0. The number of ether oxygens (including phenoxy) is 1. The molecule has 0 aliphatic carbocycles. The summed E-state index contributed by atoms with van der Waals surface area (Å²) in [6.07, 6.45) is 0.926. The molecule has 24 heavy (non-hydrogen) atoms. The number of carbonyl (C=O) groups excluding carboxylic acids is 3. The number of nitrogens with one attached hydrogen (secondary N) is 1. The van der Waals surface area contributed by atoms with E-state index in [2.05, 4.69) is 5.32 Å². The fraction of sp³-hybridized carbons (Fsp3) is 0.471. The molecule has 1 aromatic carbocycles. The van der Waals surface area contributed by atoms with E-state index >= 15 is 0 Å². The van der Waals surface area contributed by atoms with Gasteiger partial charge in [0.05, 0.1) is 12.5 Å². The van der Waals surface area contributed by atoms with Crippen LogP contribution in [-0.4, -0.2) is 42.0 Å². The monoisotopic (exact) mass is 333 g/mol. The molecule has 2 atom stereocenters. The number of nitrogens with two attached hydrogens (primary N) is 1. The number of amides is 3. The number of nitrogens with zero attached hydrogens (tertiary/aromatic N) is 1. The summed E-state index contributed by atoms with van der Waals surface area (Å²) >= 11 is 0. The molecule has 0 radical (unpaired) electrons. The van der Waals surface area contributed by atoms with E-state index in [9.17, 15) is 14.4 Å². The Morgan fingerprint density at radius 1 is 1.25 bits per heavy atom. The molecule has 3 N–H and O–H groups in total. The highest BCUT2D eigenvalue weighted by molar-refractivity contribution is 5.95. The number of rotatable bonds is 4. The highest BCUT2D eigenvalue weighted by Gasteiger charge is 2.32. The second-order valence-corrected chi connectivity index (χ2v) is 5.91. The maximum absolute atomic E-state index is 12.7. The molecule has 0 aromatic heterocycles. The zero-order chi connectivity index (χ0) is 17.7. The van der Waals surface area contributed by atoms with Crippen LogP contribution in [0.15, 0.2) is 24.3 Å². The molecule has 7 nitrogen and oxygen atoms in total. The first-order valence-electron chi connectivity index (χ1n) is 8.06. The summed E-state index contributed by atoms with van der Waals surface area (Å²) in [6, 6.07) is 6.63. The third-order valence-electron chi connectivity index (χ3n) is 4.20. The van der Waals surface area contributed by atoms with Gasteiger partial charge in [0.25, 0.3) is 5.91 Å². The fourth-order valence-corrected chi connectivity index (χ4v) is 2.77. The molecule has 0 unspecified atom stereocenters. The molecule has 0 spiro atoms. The number of hydrogen-bond donors (Lipinski definition) is 2. The van der Waals surface area contributed by atoms with Crippen LogP contribution in [0.4, 0.5) is 10.5 Å². The van der Waals surface area contributed by atoms with Crippen LogP contribution in [-0.2, 0) is 9.53 Å². The second kappa shape index (κ2) is 7.81. The Morgan fingerprint density at radius 2 is 1.92 bits per heavy atom. The van der Waals surface area contributed by atoms with E-state index < -0.39 is 6.09 Å². The number of piperidine rings is 1. The van der Waals surface area contributed by atoms with Gasteiger partial charge in [-0.3, -0.25) is 14.9 Å². The van der Waals surface area contributed by atoms with Gasteiger partial charge in [0, 0.05) is 23.8 Å². The van der Waals surface area contributed by atoms with Gasteiger partial charge < -0.3 is 15.4 Å². The first-order chi connectivity index (χ1) is 11.4. The average Bonchev–Trinajstić information content (AvgIpc) is 2.55. The summed E-state index contributed by atoms with van der Waals surface area (Å²) < 4.78 is 4.80. The van der Waals surface area contributed by atoms with Gasteiger partial charge in [-0.2, -0.15) is 0 Å². The lowest BCUT2D eigenvalue weighted by Crippen LogP contribution is -2.48. The Kier molecular flexibility index (Phi) is 5.78. The minimum Gasteiger partial charge on any atom is -0.450 e. The number of hydrogen-bond acceptors (Lipinski definition) is 4. The highest BCUT2D eigenvalue weighted by atomic mass is 16.5. The van der Waals surface area contributed by atoms with Crippen molar-refractivity contribution in [3.8, 4) is 0 Å². The van der Waals surface area contributed by atoms with Crippen LogP contribution >= 0.6 is 0 Å². The van der Waals surface area contributed by atoms with Crippen LogP contribution in [0.5, 0.6) is 0 Å². The van der Waals surface area contributed by atoms with E-state index in [0.29, 0.717) is 24.2 Å². The molecule has 1 heterocycles. The summed E-state index contributed by atoms with van der Waals surface area (Å²) in [5, 5.41) is 2.57. The van der Waals surface area contributed by atoms with Crippen LogP contribution in [0.25, 0.3) is 0 Å². The van der Waals surface area contributed by atoms with Gasteiger partial charge in [0.2, 0.25) is 5.91 Å². The quantitative estimate of drug-likeness (QED) is 0.879. The molecule has 0 bridgehead atoms. The Hall–Kier alpha value is -2.57. The maximum atomic E-state index is 12.7. The molecular formula is C17H23N3O4. The molecular weight excluding hydrogens is 310 g/mol. The van der Waals surface area contributed by atoms with E-state index in [1.165, 1.54) is 0 Å². The molecule has 1 fully saturated rings. The summed E-state index contributed by atoms with van der Waals surface area (Å²) in [5.74, 6) is -0.806. The van der Waals surface area contributed by atoms with Crippen LogP contribution < -0.4 is 11.1 Å². The molecule has 130 valence electrons. The number of anilines is 1. The Labute approximate surface area is 141 Å². The first kappa shape index (κ1) is 17.8.